The van der Waals surface area contributed by atoms with Crippen LogP contribution in [0.5, 0.6) is 5.75 Å². The number of nitrogens with zero attached hydrogens (tertiary/aromatic N) is 1. The first-order valence-electron chi connectivity index (χ1n) is 3.53. The molecule has 0 aliphatic heterocycles. The van der Waals surface area contributed by atoms with Crippen molar-refractivity contribution in [3.63, 3.8) is 0 Å². The first kappa shape index (κ1) is 10.2. The number of nitrogens with one attached hydrogen (secondary N) is 1. The minimum Gasteiger partial charge on any atom is -0.404 e. The lowest BCUT2D eigenvalue weighted by Crippen LogP contribution is -2.17. The number of hydrogen-bond donors (Lipinski definition) is 1. The van der Waals surface area contributed by atoms with E-state index >= 15 is 0 Å². The third kappa shape index (κ3) is 2.86. The Hall–Kier alpha value is -1.90. The van der Waals surface area contributed by atoms with Crippen LogP contribution in [0.3, 0.4) is 0 Å². The molecule has 0 amide bonds. The lowest BCUT2D eigenvalue weighted by Gasteiger charge is -2.11. The van der Waals surface area contributed by atoms with Crippen LogP contribution in [0.1, 0.15) is 0 Å². The zero-order chi connectivity index (χ0) is 10.6. The van der Waals surface area contributed by atoms with E-state index in [2.05, 4.69) is 10.1 Å². The smallest absolute Gasteiger partial charge is 0.404 e. The van der Waals surface area contributed by atoms with Crippen LogP contribution < -0.4 is 10.1 Å². The van der Waals surface area contributed by atoms with Crippen LogP contribution in [0, 0.1) is 11.5 Å². The summed E-state index contributed by atoms with van der Waals surface area (Å²) < 4.78 is 39.2. The summed E-state index contributed by atoms with van der Waals surface area (Å²) in [5, 5.41) is 10.3. The maximum atomic E-state index is 11.8. The second kappa shape index (κ2) is 3.87. The third-order valence-electron chi connectivity index (χ3n) is 1.30. The fourth-order valence-corrected chi connectivity index (χ4v) is 0.844. The van der Waals surface area contributed by atoms with E-state index in [4.69, 9.17) is 5.26 Å². The van der Waals surface area contributed by atoms with Crippen LogP contribution in [0.4, 0.5) is 18.9 Å². The van der Waals surface area contributed by atoms with Gasteiger partial charge in [0.05, 0.1) is 5.69 Å². The summed E-state index contributed by atoms with van der Waals surface area (Å²) in [5.74, 6) is -0.429. The van der Waals surface area contributed by atoms with E-state index in [0.29, 0.717) is 0 Å². The van der Waals surface area contributed by atoms with Gasteiger partial charge in [-0.1, -0.05) is 12.1 Å². The molecular weight excluding hydrogens is 197 g/mol. The first-order chi connectivity index (χ1) is 6.53. The highest BCUT2D eigenvalue weighted by Gasteiger charge is 2.31. The Bertz CT molecular complexity index is 356. The van der Waals surface area contributed by atoms with E-state index in [1.807, 2.05) is 0 Å². The molecule has 1 aromatic rings. The Balaban J connectivity index is 2.91. The van der Waals surface area contributed by atoms with Gasteiger partial charge in [-0.25, -0.2) is 0 Å². The average molecular weight is 202 g/mol. The molecule has 0 bridgehead atoms. The van der Waals surface area contributed by atoms with Crippen LogP contribution in [0.25, 0.3) is 0 Å². The van der Waals surface area contributed by atoms with E-state index in [9.17, 15) is 13.2 Å². The molecule has 0 atom stereocenters. The van der Waals surface area contributed by atoms with Gasteiger partial charge in [0.1, 0.15) is 0 Å². The fraction of sp³-hybridized carbons (Fsp3) is 0.125. The highest BCUT2D eigenvalue weighted by molar-refractivity contribution is 5.58. The van der Waals surface area contributed by atoms with Gasteiger partial charge in [-0.2, -0.15) is 5.26 Å². The van der Waals surface area contributed by atoms with Gasteiger partial charge in [0.25, 0.3) is 0 Å². The number of hydrogen-bond acceptors (Lipinski definition) is 3. The predicted octanol–water partition coefficient (Wildman–Crippen LogP) is 2.48. The van der Waals surface area contributed by atoms with E-state index in [1.54, 1.807) is 0 Å². The molecule has 1 aromatic carbocycles. The molecule has 0 radical (unpaired) electrons. The summed E-state index contributed by atoms with van der Waals surface area (Å²) in [7, 11) is 0. The number of alkyl halides is 3. The van der Waals surface area contributed by atoms with Crippen LogP contribution in [0.15, 0.2) is 24.3 Å². The van der Waals surface area contributed by atoms with E-state index < -0.39 is 12.1 Å². The molecule has 14 heavy (non-hydrogen) atoms. The molecule has 3 nitrogen and oxygen atoms in total. The minimum atomic E-state index is -4.76. The maximum Gasteiger partial charge on any atom is 0.573 e. The Morgan fingerprint density at radius 3 is 2.50 bits per heavy atom. The van der Waals surface area contributed by atoms with Crippen molar-refractivity contribution in [1.82, 2.24) is 0 Å². The number of rotatable bonds is 2. The quantitative estimate of drug-likeness (QED) is 0.591. The van der Waals surface area contributed by atoms with E-state index in [0.717, 1.165) is 6.07 Å². The van der Waals surface area contributed by atoms with Crippen LogP contribution in [-0.4, -0.2) is 6.36 Å². The van der Waals surface area contributed by atoms with Crippen LogP contribution >= 0.6 is 0 Å². The van der Waals surface area contributed by atoms with Crippen molar-refractivity contribution in [2.24, 2.45) is 0 Å². The monoisotopic (exact) mass is 202 g/mol. The van der Waals surface area contributed by atoms with Gasteiger partial charge >= 0.3 is 6.36 Å². The Morgan fingerprint density at radius 2 is 1.93 bits per heavy atom. The molecule has 6 heteroatoms. The molecule has 0 heterocycles. The topological polar surface area (TPSA) is 45.0 Å². The van der Waals surface area contributed by atoms with Gasteiger partial charge in [-0.3, -0.25) is 5.32 Å². The summed E-state index contributed by atoms with van der Waals surface area (Å²) in [6.45, 7) is 0. The average Bonchev–Trinajstić information content (AvgIpc) is 2.06. The summed E-state index contributed by atoms with van der Waals surface area (Å²) in [6.07, 6.45) is -3.24. The molecule has 0 fully saturated rings. The predicted molar refractivity (Wildman–Crippen MR) is 42.4 cm³/mol. The lowest BCUT2D eigenvalue weighted by molar-refractivity contribution is -0.274. The van der Waals surface area contributed by atoms with Gasteiger partial charge < -0.3 is 4.74 Å². The van der Waals surface area contributed by atoms with Gasteiger partial charge in [-0.15, -0.1) is 13.2 Å². The molecule has 0 aliphatic carbocycles. The highest BCUT2D eigenvalue weighted by atomic mass is 19.4. The second-order valence-electron chi connectivity index (χ2n) is 2.28. The van der Waals surface area contributed by atoms with Crippen molar-refractivity contribution in [3.8, 4) is 11.9 Å². The van der Waals surface area contributed by atoms with Crippen LogP contribution in [0.2, 0.25) is 0 Å². The fourth-order valence-electron chi connectivity index (χ4n) is 0.844. The minimum absolute atomic E-state index is 0.0210. The SMILES string of the molecule is N#CNc1ccccc1OC(F)(F)F. The Morgan fingerprint density at radius 1 is 1.29 bits per heavy atom. The van der Waals surface area contributed by atoms with Crippen molar-refractivity contribution >= 4 is 5.69 Å². The normalized spacial score (nSPS) is 10.4. The van der Waals surface area contributed by atoms with Crippen molar-refractivity contribution in [2.45, 2.75) is 6.36 Å². The summed E-state index contributed by atoms with van der Waals surface area (Å²) in [5.41, 5.74) is -0.0210. The number of nitriles is 1. The van der Waals surface area contributed by atoms with Gasteiger partial charge in [0.15, 0.2) is 11.9 Å². The summed E-state index contributed by atoms with van der Waals surface area (Å²) in [6, 6.07) is 5.30. The number of anilines is 1. The van der Waals surface area contributed by atoms with Gasteiger partial charge in [0.2, 0.25) is 0 Å². The molecule has 0 aromatic heterocycles. The molecule has 0 spiro atoms. The first-order valence-corrected chi connectivity index (χ1v) is 3.53. The number of benzene rings is 1. The zero-order valence-electron chi connectivity index (χ0n) is 6.80. The molecule has 0 aliphatic rings. The zero-order valence-corrected chi connectivity index (χ0v) is 6.80. The van der Waals surface area contributed by atoms with E-state index in [1.165, 1.54) is 24.4 Å². The number of ether oxygens (including phenoxy) is 1. The number of halogens is 3. The van der Waals surface area contributed by atoms with Gasteiger partial charge in [0, 0.05) is 0 Å². The Kier molecular flexibility index (Phi) is 2.82. The van der Waals surface area contributed by atoms with Crippen LogP contribution in [-0.2, 0) is 0 Å². The number of para-hydroxylation sites is 2. The summed E-state index contributed by atoms with van der Waals surface area (Å²) >= 11 is 0. The lowest BCUT2D eigenvalue weighted by atomic mass is 10.3. The highest BCUT2D eigenvalue weighted by Crippen LogP contribution is 2.29. The summed E-state index contributed by atoms with van der Waals surface area (Å²) in [4.78, 5) is 0. The largest absolute Gasteiger partial charge is 0.573 e. The molecule has 0 unspecified atom stereocenters. The molecule has 0 saturated heterocycles. The molecule has 74 valence electrons. The van der Waals surface area contributed by atoms with Crippen molar-refractivity contribution in [2.75, 3.05) is 5.32 Å². The van der Waals surface area contributed by atoms with E-state index in [-0.39, 0.29) is 5.69 Å². The molecule has 1 rings (SSSR count). The second-order valence-corrected chi connectivity index (χ2v) is 2.28. The van der Waals surface area contributed by atoms with Crippen molar-refractivity contribution < 1.29 is 17.9 Å². The molecular formula is C8H5F3N2O. The molecule has 0 saturated carbocycles. The van der Waals surface area contributed by atoms with Gasteiger partial charge in [-0.05, 0) is 12.1 Å². The van der Waals surface area contributed by atoms with Crippen molar-refractivity contribution in [1.29, 1.82) is 5.26 Å². The third-order valence-corrected chi connectivity index (χ3v) is 1.30. The maximum absolute atomic E-state index is 11.8. The standard InChI is InChI=1S/C8H5F3N2O/c9-8(10,11)14-7-4-2-1-3-6(7)13-5-12/h1-4,13H. The molecule has 1 N–H and O–H groups in total. The Labute approximate surface area is 77.7 Å². The van der Waals surface area contributed by atoms with Crippen molar-refractivity contribution in [3.05, 3.63) is 24.3 Å².